The van der Waals surface area contributed by atoms with Crippen LogP contribution >= 0.6 is 0 Å². The Morgan fingerprint density at radius 1 is 1.32 bits per heavy atom. The SMILES string of the molecule is CCCCCC/C=C/[C@H](NS(=O)C(C)(C)C)C(=O)O. The Labute approximate surface area is 119 Å². The topological polar surface area (TPSA) is 66.4 Å². The fourth-order valence-electron chi connectivity index (χ4n) is 1.39. The molecular formula is C14H27NO3S. The molecular weight excluding hydrogens is 262 g/mol. The van der Waals surface area contributed by atoms with E-state index in [2.05, 4.69) is 11.6 Å². The van der Waals surface area contributed by atoms with Crippen molar-refractivity contribution in [3.05, 3.63) is 12.2 Å². The summed E-state index contributed by atoms with van der Waals surface area (Å²) in [5.41, 5.74) is 0. The van der Waals surface area contributed by atoms with Gasteiger partial charge < -0.3 is 5.11 Å². The molecule has 0 saturated heterocycles. The Kier molecular flexibility index (Phi) is 8.93. The van der Waals surface area contributed by atoms with Gasteiger partial charge in [0.25, 0.3) is 0 Å². The molecule has 5 heteroatoms. The molecule has 0 fully saturated rings. The van der Waals surface area contributed by atoms with E-state index in [1.54, 1.807) is 6.08 Å². The van der Waals surface area contributed by atoms with E-state index in [1.807, 2.05) is 26.8 Å². The number of carboxylic acid groups (broad SMARTS) is 1. The molecule has 0 aliphatic carbocycles. The number of unbranched alkanes of at least 4 members (excludes halogenated alkanes) is 4. The van der Waals surface area contributed by atoms with Crippen LogP contribution in [0, 0.1) is 0 Å². The third kappa shape index (κ3) is 8.94. The Bertz CT molecular complexity index is 321. The van der Waals surface area contributed by atoms with Crippen molar-refractivity contribution in [2.75, 3.05) is 0 Å². The van der Waals surface area contributed by atoms with Crippen molar-refractivity contribution < 1.29 is 14.1 Å². The van der Waals surface area contributed by atoms with Crippen LogP contribution in [0.3, 0.4) is 0 Å². The van der Waals surface area contributed by atoms with E-state index in [0.29, 0.717) is 0 Å². The van der Waals surface area contributed by atoms with Crippen molar-refractivity contribution in [3.8, 4) is 0 Å². The number of hydrogen-bond acceptors (Lipinski definition) is 2. The fraction of sp³-hybridized carbons (Fsp3) is 0.786. The van der Waals surface area contributed by atoms with Crippen molar-refractivity contribution in [3.63, 3.8) is 0 Å². The summed E-state index contributed by atoms with van der Waals surface area (Å²) in [5, 5.41) is 9.08. The highest BCUT2D eigenvalue weighted by Crippen LogP contribution is 2.10. The van der Waals surface area contributed by atoms with Crippen molar-refractivity contribution in [2.45, 2.75) is 70.6 Å². The minimum atomic E-state index is -1.38. The van der Waals surface area contributed by atoms with Crippen molar-refractivity contribution in [1.82, 2.24) is 4.72 Å². The first kappa shape index (κ1) is 18.3. The minimum Gasteiger partial charge on any atom is -0.480 e. The second-order valence-corrected chi connectivity index (χ2v) is 7.59. The van der Waals surface area contributed by atoms with Gasteiger partial charge >= 0.3 is 5.97 Å². The van der Waals surface area contributed by atoms with Crippen molar-refractivity contribution >= 4 is 17.0 Å². The molecule has 0 spiro atoms. The summed E-state index contributed by atoms with van der Waals surface area (Å²) in [5.74, 6) is -0.998. The Morgan fingerprint density at radius 3 is 2.42 bits per heavy atom. The van der Waals surface area contributed by atoms with Crippen LogP contribution in [0.1, 0.15) is 59.8 Å². The Morgan fingerprint density at radius 2 is 1.95 bits per heavy atom. The first-order valence-corrected chi connectivity index (χ1v) is 8.01. The number of nitrogens with one attached hydrogen (secondary N) is 1. The number of allylic oxidation sites excluding steroid dienone is 1. The maximum absolute atomic E-state index is 11.9. The maximum atomic E-state index is 11.9. The first-order chi connectivity index (χ1) is 8.79. The molecule has 0 amide bonds. The zero-order valence-corrected chi connectivity index (χ0v) is 13.3. The van der Waals surface area contributed by atoms with Gasteiger partial charge in [-0.15, -0.1) is 0 Å². The summed E-state index contributed by atoms with van der Waals surface area (Å²) >= 11 is 0. The van der Waals surface area contributed by atoms with Gasteiger partial charge in [0.1, 0.15) is 6.04 Å². The molecule has 0 bridgehead atoms. The lowest BCUT2D eigenvalue weighted by Gasteiger charge is -2.20. The summed E-state index contributed by atoms with van der Waals surface area (Å²) < 4.78 is 14.0. The normalized spacial score (nSPS) is 15.6. The third-order valence-corrected chi connectivity index (χ3v) is 4.19. The highest BCUT2D eigenvalue weighted by Gasteiger charge is 2.24. The molecule has 0 saturated carbocycles. The molecule has 0 aromatic rings. The standard InChI is InChI=1S/C14H27NO3S/c1-5-6-7-8-9-10-11-12(13(16)17)15-19(18)14(2,3)4/h10-12,15H,5-9H2,1-4H3,(H,16,17)/b11-10+/t12-,19?/m0/s1. The number of rotatable bonds is 9. The molecule has 0 aliphatic rings. The van der Waals surface area contributed by atoms with Crippen LogP contribution in [-0.2, 0) is 15.8 Å². The fourth-order valence-corrected chi connectivity index (χ4v) is 2.15. The Balaban J connectivity index is 4.24. The number of aliphatic carboxylic acids is 1. The lowest BCUT2D eigenvalue weighted by atomic mass is 10.1. The molecule has 2 N–H and O–H groups in total. The molecule has 4 nitrogen and oxygen atoms in total. The van der Waals surface area contributed by atoms with Crippen LogP contribution in [-0.4, -0.2) is 26.1 Å². The van der Waals surface area contributed by atoms with E-state index in [9.17, 15) is 9.00 Å². The summed E-state index contributed by atoms with van der Waals surface area (Å²) in [4.78, 5) is 11.1. The van der Waals surface area contributed by atoms with Gasteiger partial charge in [-0.2, -0.15) is 0 Å². The van der Waals surface area contributed by atoms with Crippen LogP contribution in [0.5, 0.6) is 0 Å². The van der Waals surface area contributed by atoms with Gasteiger partial charge in [-0.25, -0.2) is 8.93 Å². The second kappa shape index (κ2) is 9.26. The van der Waals surface area contributed by atoms with Gasteiger partial charge in [-0.05, 0) is 33.6 Å². The minimum absolute atomic E-state index is 0.470. The average molecular weight is 289 g/mol. The summed E-state index contributed by atoms with van der Waals surface area (Å²) in [6.45, 7) is 7.58. The molecule has 2 atom stereocenters. The number of hydrogen-bond donors (Lipinski definition) is 2. The molecule has 0 heterocycles. The van der Waals surface area contributed by atoms with Crippen LogP contribution in [0.4, 0.5) is 0 Å². The highest BCUT2D eigenvalue weighted by atomic mass is 32.2. The van der Waals surface area contributed by atoms with Crippen LogP contribution in [0.25, 0.3) is 0 Å². The van der Waals surface area contributed by atoms with Crippen molar-refractivity contribution in [1.29, 1.82) is 0 Å². The quantitative estimate of drug-likeness (QED) is 0.506. The van der Waals surface area contributed by atoms with Gasteiger partial charge in [0.15, 0.2) is 0 Å². The third-order valence-electron chi connectivity index (χ3n) is 2.61. The molecule has 112 valence electrons. The molecule has 0 rings (SSSR count). The summed E-state index contributed by atoms with van der Waals surface area (Å²) in [6, 6.07) is -0.883. The van der Waals surface area contributed by atoms with E-state index >= 15 is 0 Å². The molecule has 0 aliphatic heterocycles. The van der Waals surface area contributed by atoms with Crippen LogP contribution in [0.2, 0.25) is 0 Å². The van der Waals surface area contributed by atoms with E-state index < -0.39 is 27.7 Å². The van der Waals surface area contributed by atoms with Gasteiger partial charge in [0.05, 0.1) is 15.7 Å². The molecule has 19 heavy (non-hydrogen) atoms. The van der Waals surface area contributed by atoms with E-state index in [1.165, 1.54) is 19.3 Å². The number of carbonyl (C=O) groups is 1. The van der Waals surface area contributed by atoms with Crippen LogP contribution < -0.4 is 4.72 Å². The average Bonchev–Trinajstić information content (AvgIpc) is 2.30. The molecule has 0 aromatic heterocycles. The predicted octanol–water partition coefficient (Wildman–Crippen LogP) is 3.02. The monoisotopic (exact) mass is 289 g/mol. The molecule has 1 unspecified atom stereocenters. The number of carboxylic acids is 1. The highest BCUT2D eigenvalue weighted by molar-refractivity contribution is 7.84. The Hall–Kier alpha value is -0.680. The van der Waals surface area contributed by atoms with Gasteiger partial charge in [0, 0.05) is 0 Å². The van der Waals surface area contributed by atoms with Crippen molar-refractivity contribution in [2.24, 2.45) is 0 Å². The molecule has 0 aromatic carbocycles. The molecule has 0 radical (unpaired) electrons. The van der Waals surface area contributed by atoms with Gasteiger partial charge in [0.2, 0.25) is 0 Å². The lowest BCUT2D eigenvalue weighted by Crippen LogP contribution is -2.42. The first-order valence-electron chi connectivity index (χ1n) is 6.86. The zero-order valence-electron chi connectivity index (χ0n) is 12.4. The predicted molar refractivity (Wildman–Crippen MR) is 80.4 cm³/mol. The maximum Gasteiger partial charge on any atom is 0.325 e. The van der Waals surface area contributed by atoms with E-state index in [4.69, 9.17) is 5.11 Å². The van der Waals surface area contributed by atoms with Gasteiger partial charge in [-0.1, -0.05) is 38.3 Å². The summed E-state index contributed by atoms with van der Waals surface area (Å²) in [7, 11) is -1.38. The lowest BCUT2D eigenvalue weighted by molar-refractivity contribution is -0.137. The van der Waals surface area contributed by atoms with Crippen LogP contribution in [0.15, 0.2) is 12.2 Å². The summed E-state index contributed by atoms with van der Waals surface area (Å²) in [6.07, 6.45) is 8.96. The van der Waals surface area contributed by atoms with Gasteiger partial charge in [-0.3, -0.25) is 4.79 Å². The second-order valence-electron chi connectivity index (χ2n) is 5.59. The smallest absolute Gasteiger partial charge is 0.325 e. The largest absolute Gasteiger partial charge is 0.480 e. The van der Waals surface area contributed by atoms with E-state index in [-0.39, 0.29) is 0 Å². The van der Waals surface area contributed by atoms with E-state index in [0.717, 1.165) is 12.8 Å². The zero-order chi connectivity index (χ0) is 14.9.